The molecule has 1 amide bonds. The van der Waals surface area contributed by atoms with Crippen molar-refractivity contribution < 1.29 is 23.8 Å². The molecule has 3 aromatic rings. The van der Waals surface area contributed by atoms with Crippen LogP contribution in [0.3, 0.4) is 0 Å². The van der Waals surface area contributed by atoms with Crippen LogP contribution in [0.2, 0.25) is 0 Å². The smallest absolute Gasteiger partial charge is 0.337 e. The summed E-state index contributed by atoms with van der Waals surface area (Å²) in [4.78, 5) is 24.3. The lowest BCUT2D eigenvalue weighted by atomic mass is 10.1. The molecular formula is C27H24N2O5. The van der Waals surface area contributed by atoms with Gasteiger partial charge in [0.05, 0.1) is 25.0 Å². The molecular weight excluding hydrogens is 432 g/mol. The Kier molecular flexibility index (Phi) is 8.42. The van der Waals surface area contributed by atoms with Gasteiger partial charge in [0.1, 0.15) is 29.7 Å². The van der Waals surface area contributed by atoms with E-state index < -0.39 is 11.9 Å². The first-order valence-corrected chi connectivity index (χ1v) is 10.6. The number of para-hydroxylation sites is 3. The van der Waals surface area contributed by atoms with Crippen molar-refractivity contribution in [3.8, 4) is 17.6 Å². The van der Waals surface area contributed by atoms with Crippen LogP contribution in [0.5, 0.6) is 11.5 Å². The summed E-state index contributed by atoms with van der Waals surface area (Å²) in [6.07, 6.45) is 1.48. The number of nitrogens with one attached hydrogen (secondary N) is 1. The summed E-state index contributed by atoms with van der Waals surface area (Å²) in [6.45, 7) is 2.54. The highest BCUT2D eigenvalue weighted by atomic mass is 16.5. The van der Waals surface area contributed by atoms with E-state index in [1.54, 1.807) is 72.8 Å². The van der Waals surface area contributed by atoms with E-state index in [2.05, 4.69) is 5.32 Å². The lowest BCUT2D eigenvalue weighted by molar-refractivity contribution is -0.112. The van der Waals surface area contributed by atoms with Gasteiger partial charge in [-0.2, -0.15) is 5.26 Å². The molecule has 0 saturated heterocycles. The Morgan fingerprint density at radius 3 is 2.29 bits per heavy atom. The molecule has 0 bridgehead atoms. The second-order valence-corrected chi connectivity index (χ2v) is 7.07. The minimum atomic E-state index is -0.553. The standard InChI is InChI=1S/C27H24N2O5/c1-3-33-25-11-7-5-9-23(25)29-26(30)22(17-28)16-21-8-4-6-10-24(21)34-18-19-12-14-20(15-13-19)27(31)32-2/h4-16H,3,18H2,1-2H3,(H,29,30)/b22-16+. The Balaban J connectivity index is 1.75. The van der Waals surface area contributed by atoms with E-state index in [9.17, 15) is 14.9 Å². The molecule has 3 rings (SSSR count). The summed E-state index contributed by atoms with van der Waals surface area (Å²) in [6, 6.07) is 23.0. The highest BCUT2D eigenvalue weighted by Gasteiger charge is 2.14. The molecule has 0 unspecified atom stereocenters. The van der Waals surface area contributed by atoms with E-state index >= 15 is 0 Å². The number of hydrogen-bond donors (Lipinski definition) is 1. The van der Waals surface area contributed by atoms with Crippen molar-refractivity contribution in [1.82, 2.24) is 0 Å². The van der Waals surface area contributed by atoms with Gasteiger partial charge in [0.2, 0.25) is 0 Å². The Labute approximate surface area is 198 Å². The number of ether oxygens (including phenoxy) is 3. The second-order valence-electron chi connectivity index (χ2n) is 7.07. The van der Waals surface area contributed by atoms with E-state index in [0.29, 0.717) is 34.9 Å². The van der Waals surface area contributed by atoms with Crippen LogP contribution in [-0.4, -0.2) is 25.6 Å². The van der Waals surface area contributed by atoms with Crippen LogP contribution >= 0.6 is 0 Å². The van der Waals surface area contributed by atoms with E-state index in [1.807, 2.05) is 13.0 Å². The van der Waals surface area contributed by atoms with Crippen molar-refractivity contribution >= 4 is 23.6 Å². The molecule has 0 heterocycles. The molecule has 34 heavy (non-hydrogen) atoms. The van der Waals surface area contributed by atoms with Gasteiger partial charge in [-0.25, -0.2) is 4.79 Å². The maximum absolute atomic E-state index is 12.8. The van der Waals surface area contributed by atoms with Crippen molar-refractivity contribution in [2.24, 2.45) is 0 Å². The van der Waals surface area contributed by atoms with Crippen LogP contribution in [0, 0.1) is 11.3 Å². The van der Waals surface area contributed by atoms with Gasteiger partial charge in [-0.3, -0.25) is 4.79 Å². The zero-order valence-electron chi connectivity index (χ0n) is 18.9. The summed E-state index contributed by atoms with van der Waals surface area (Å²) >= 11 is 0. The second kappa shape index (κ2) is 11.9. The van der Waals surface area contributed by atoms with Gasteiger partial charge in [0.15, 0.2) is 0 Å². The first-order valence-electron chi connectivity index (χ1n) is 10.6. The molecule has 7 nitrogen and oxygen atoms in total. The van der Waals surface area contributed by atoms with Gasteiger partial charge in [0.25, 0.3) is 5.91 Å². The Morgan fingerprint density at radius 1 is 0.941 bits per heavy atom. The number of nitrogens with zero attached hydrogens (tertiary/aromatic N) is 1. The van der Waals surface area contributed by atoms with Crippen LogP contribution < -0.4 is 14.8 Å². The number of hydrogen-bond acceptors (Lipinski definition) is 6. The number of benzene rings is 3. The summed E-state index contributed by atoms with van der Waals surface area (Å²) in [5.41, 5.74) is 2.28. The van der Waals surface area contributed by atoms with Gasteiger partial charge < -0.3 is 19.5 Å². The Bertz CT molecular complexity index is 1230. The first-order chi connectivity index (χ1) is 16.5. The number of esters is 1. The van der Waals surface area contributed by atoms with E-state index in [-0.39, 0.29) is 12.2 Å². The van der Waals surface area contributed by atoms with Crippen molar-refractivity contribution in [1.29, 1.82) is 5.26 Å². The summed E-state index contributed by atoms with van der Waals surface area (Å²) in [7, 11) is 1.33. The fraction of sp³-hybridized carbons (Fsp3) is 0.148. The largest absolute Gasteiger partial charge is 0.492 e. The van der Waals surface area contributed by atoms with Crippen molar-refractivity contribution in [3.63, 3.8) is 0 Å². The number of amides is 1. The third kappa shape index (κ3) is 6.24. The highest BCUT2D eigenvalue weighted by molar-refractivity contribution is 6.10. The maximum atomic E-state index is 12.8. The lowest BCUT2D eigenvalue weighted by Crippen LogP contribution is -2.14. The summed E-state index contributed by atoms with van der Waals surface area (Å²) < 4.78 is 16.2. The van der Waals surface area contributed by atoms with E-state index in [0.717, 1.165) is 5.56 Å². The van der Waals surface area contributed by atoms with Gasteiger partial charge in [0, 0.05) is 5.56 Å². The molecule has 1 N–H and O–H groups in total. The van der Waals surface area contributed by atoms with Gasteiger partial charge >= 0.3 is 5.97 Å². The third-order valence-corrected chi connectivity index (χ3v) is 4.79. The molecule has 0 radical (unpaired) electrons. The van der Waals surface area contributed by atoms with Crippen LogP contribution in [0.1, 0.15) is 28.4 Å². The van der Waals surface area contributed by atoms with Crippen molar-refractivity contribution in [2.45, 2.75) is 13.5 Å². The van der Waals surface area contributed by atoms with Gasteiger partial charge in [-0.05, 0) is 48.9 Å². The molecule has 0 atom stereocenters. The lowest BCUT2D eigenvalue weighted by Gasteiger charge is -2.12. The molecule has 3 aromatic carbocycles. The zero-order chi connectivity index (χ0) is 24.3. The number of carbonyl (C=O) groups is 2. The first kappa shape index (κ1) is 24.1. The van der Waals surface area contributed by atoms with Crippen molar-refractivity contribution in [2.75, 3.05) is 19.0 Å². The molecule has 0 aliphatic carbocycles. The van der Waals surface area contributed by atoms with Gasteiger partial charge in [-0.1, -0.05) is 42.5 Å². The molecule has 0 aliphatic heterocycles. The van der Waals surface area contributed by atoms with E-state index in [4.69, 9.17) is 14.2 Å². The fourth-order valence-electron chi connectivity index (χ4n) is 3.09. The normalized spacial score (nSPS) is 10.7. The molecule has 0 aliphatic rings. The molecule has 7 heteroatoms. The highest BCUT2D eigenvalue weighted by Crippen LogP contribution is 2.26. The average Bonchev–Trinajstić information content (AvgIpc) is 2.87. The third-order valence-electron chi connectivity index (χ3n) is 4.79. The van der Waals surface area contributed by atoms with Gasteiger partial charge in [-0.15, -0.1) is 0 Å². The molecule has 0 saturated carbocycles. The zero-order valence-corrected chi connectivity index (χ0v) is 18.9. The number of methoxy groups -OCH3 is 1. The predicted octanol–water partition coefficient (Wildman–Crippen LogP) is 5.00. The molecule has 0 spiro atoms. The van der Waals surface area contributed by atoms with Crippen LogP contribution in [-0.2, 0) is 16.1 Å². The molecule has 0 aromatic heterocycles. The van der Waals surface area contributed by atoms with Crippen LogP contribution in [0.25, 0.3) is 6.08 Å². The Morgan fingerprint density at radius 2 is 1.62 bits per heavy atom. The number of rotatable bonds is 9. The topological polar surface area (TPSA) is 97.6 Å². The number of nitriles is 1. The molecule has 0 fully saturated rings. The predicted molar refractivity (Wildman–Crippen MR) is 128 cm³/mol. The fourth-order valence-corrected chi connectivity index (χ4v) is 3.09. The monoisotopic (exact) mass is 456 g/mol. The number of anilines is 1. The minimum absolute atomic E-state index is 0.0789. The van der Waals surface area contributed by atoms with Crippen molar-refractivity contribution in [3.05, 3.63) is 95.1 Å². The summed E-state index contributed by atoms with van der Waals surface area (Å²) in [5, 5.41) is 12.3. The van der Waals surface area contributed by atoms with Crippen LogP contribution in [0.4, 0.5) is 5.69 Å². The maximum Gasteiger partial charge on any atom is 0.337 e. The quantitative estimate of drug-likeness (QED) is 0.277. The SMILES string of the molecule is CCOc1ccccc1NC(=O)/C(C#N)=C/c1ccccc1OCc1ccc(C(=O)OC)cc1. The number of carbonyl (C=O) groups excluding carboxylic acids is 2. The minimum Gasteiger partial charge on any atom is -0.492 e. The average molecular weight is 456 g/mol. The molecule has 172 valence electrons. The van der Waals surface area contributed by atoms with E-state index in [1.165, 1.54) is 13.2 Å². The van der Waals surface area contributed by atoms with Crippen LogP contribution in [0.15, 0.2) is 78.4 Å². The Hall–Kier alpha value is -4.57. The summed E-state index contributed by atoms with van der Waals surface area (Å²) in [5.74, 6) is 0.0735.